The standard InChI is InChI=1S/C18H16ClN3O4/c1-10-3-4-22-9-11(20-16(22)5-10)6-17(23)21-14-8-15(26-2)12(18(24)25)7-13(14)19/h3-5,7-9H,6H2,1-2H3,(H,21,23)(H,24,25). The molecule has 3 rings (SSSR count). The maximum Gasteiger partial charge on any atom is 0.339 e. The molecule has 1 aromatic carbocycles. The van der Waals surface area contributed by atoms with Crippen LogP contribution in [-0.4, -0.2) is 33.5 Å². The highest BCUT2D eigenvalue weighted by Gasteiger charge is 2.17. The van der Waals surface area contributed by atoms with Crippen LogP contribution in [0.15, 0.2) is 36.7 Å². The number of hydrogen-bond acceptors (Lipinski definition) is 4. The van der Waals surface area contributed by atoms with Gasteiger partial charge in [0, 0.05) is 18.5 Å². The van der Waals surface area contributed by atoms with Crippen LogP contribution in [0, 0.1) is 6.92 Å². The maximum absolute atomic E-state index is 12.3. The van der Waals surface area contributed by atoms with E-state index >= 15 is 0 Å². The quantitative estimate of drug-likeness (QED) is 0.716. The van der Waals surface area contributed by atoms with Crippen molar-refractivity contribution in [2.45, 2.75) is 13.3 Å². The van der Waals surface area contributed by atoms with Crippen molar-refractivity contribution in [2.75, 3.05) is 12.4 Å². The molecule has 2 aromatic heterocycles. The highest BCUT2D eigenvalue weighted by Crippen LogP contribution is 2.31. The number of anilines is 1. The molecule has 8 heteroatoms. The molecule has 2 heterocycles. The molecule has 0 bridgehead atoms. The summed E-state index contributed by atoms with van der Waals surface area (Å²) in [7, 11) is 1.35. The molecule has 1 amide bonds. The number of nitrogens with one attached hydrogen (secondary N) is 1. The van der Waals surface area contributed by atoms with Gasteiger partial charge in [0.05, 0.1) is 29.9 Å². The summed E-state index contributed by atoms with van der Waals surface area (Å²) in [5.74, 6) is -1.38. The predicted molar refractivity (Wildman–Crippen MR) is 97.2 cm³/mol. The Balaban J connectivity index is 1.79. The van der Waals surface area contributed by atoms with Crippen LogP contribution in [-0.2, 0) is 11.2 Å². The minimum absolute atomic E-state index is 0.0556. The number of nitrogens with zero attached hydrogens (tertiary/aromatic N) is 2. The Morgan fingerprint density at radius 1 is 1.35 bits per heavy atom. The molecular formula is C18H16ClN3O4. The molecule has 0 aliphatic rings. The van der Waals surface area contributed by atoms with Crippen LogP contribution < -0.4 is 10.1 Å². The summed E-state index contributed by atoms with van der Waals surface area (Å²) in [6.07, 6.45) is 3.72. The van der Waals surface area contributed by atoms with Crippen LogP contribution in [0.2, 0.25) is 5.02 Å². The zero-order valence-electron chi connectivity index (χ0n) is 14.1. The number of hydrogen-bond donors (Lipinski definition) is 2. The number of benzene rings is 1. The van der Waals surface area contributed by atoms with Gasteiger partial charge >= 0.3 is 5.97 Å². The average Bonchev–Trinajstić information content (AvgIpc) is 2.97. The number of carboxylic acid groups (broad SMARTS) is 1. The summed E-state index contributed by atoms with van der Waals surface area (Å²) in [6, 6.07) is 6.51. The first kappa shape index (κ1) is 17.8. The number of carboxylic acids is 1. The Hall–Kier alpha value is -3.06. The Kier molecular flexibility index (Phi) is 4.81. The summed E-state index contributed by atoms with van der Waals surface area (Å²) in [4.78, 5) is 27.9. The Bertz CT molecular complexity index is 1010. The second-order valence-electron chi connectivity index (χ2n) is 5.76. The van der Waals surface area contributed by atoms with Gasteiger partial charge in [-0.2, -0.15) is 0 Å². The van der Waals surface area contributed by atoms with Crippen molar-refractivity contribution in [1.82, 2.24) is 9.38 Å². The number of imidazole rings is 1. The van der Waals surface area contributed by atoms with E-state index in [0.29, 0.717) is 5.69 Å². The first-order valence-corrected chi connectivity index (χ1v) is 8.10. The van der Waals surface area contributed by atoms with Gasteiger partial charge in [-0.3, -0.25) is 4.79 Å². The van der Waals surface area contributed by atoms with Gasteiger partial charge in [-0.15, -0.1) is 0 Å². The summed E-state index contributed by atoms with van der Waals surface area (Å²) < 4.78 is 6.89. The lowest BCUT2D eigenvalue weighted by atomic mass is 10.1. The molecule has 0 radical (unpaired) electrons. The highest BCUT2D eigenvalue weighted by atomic mass is 35.5. The van der Waals surface area contributed by atoms with E-state index < -0.39 is 5.97 Å². The molecule has 0 saturated carbocycles. The van der Waals surface area contributed by atoms with Crippen molar-refractivity contribution in [3.63, 3.8) is 0 Å². The predicted octanol–water partition coefficient (Wildman–Crippen LogP) is 3.18. The number of aryl methyl sites for hydroxylation is 1. The van der Waals surface area contributed by atoms with E-state index in [1.54, 1.807) is 6.20 Å². The van der Waals surface area contributed by atoms with Crippen molar-refractivity contribution in [1.29, 1.82) is 0 Å². The number of pyridine rings is 1. The maximum atomic E-state index is 12.3. The summed E-state index contributed by atoms with van der Waals surface area (Å²) in [5, 5.41) is 11.9. The zero-order chi connectivity index (χ0) is 18.8. The van der Waals surface area contributed by atoms with Crippen molar-refractivity contribution < 1.29 is 19.4 Å². The van der Waals surface area contributed by atoms with Gasteiger partial charge in [0.25, 0.3) is 0 Å². The molecule has 0 aliphatic heterocycles. The minimum Gasteiger partial charge on any atom is -0.496 e. The molecule has 26 heavy (non-hydrogen) atoms. The number of amides is 1. The number of carbonyl (C=O) groups is 2. The number of halogens is 1. The van der Waals surface area contributed by atoms with Crippen LogP contribution >= 0.6 is 11.6 Å². The fourth-order valence-electron chi connectivity index (χ4n) is 2.57. The van der Waals surface area contributed by atoms with Gasteiger partial charge < -0.3 is 19.6 Å². The van der Waals surface area contributed by atoms with E-state index in [9.17, 15) is 9.59 Å². The van der Waals surface area contributed by atoms with Gasteiger partial charge in [-0.25, -0.2) is 9.78 Å². The lowest BCUT2D eigenvalue weighted by Crippen LogP contribution is -2.15. The van der Waals surface area contributed by atoms with Gasteiger partial charge in [0.1, 0.15) is 17.0 Å². The normalized spacial score (nSPS) is 10.7. The molecule has 0 aliphatic carbocycles. The summed E-state index contributed by atoms with van der Waals surface area (Å²) in [6.45, 7) is 1.97. The van der Waals surface area contributed by atoms with E-state index in [0.717, 1.165) is 11.2 Å². The second kappa shape index (κ2) is 7.05. The third-order valence-electron chi connectivity index (χ3n) is 3.80. The SMILES string of the molecule is COc1cc(NC(=O)Cc2cn3ccc(C)cc3n2)c(Cl)cc1C(=O)O. The molecule has 0 unspecified atom stereocenters. The fourth-order valence-corrected chi connectivity index (χ4v) is 2.78. The molecule has 0 atom stereocenters. The highest BCUT2D eigenvalue weighted by molar-refractivity contribution is 6.34. The number of ether oxygens (including phenoxy) is 1. The van der Waals surface area contributed by atoms with Gasteiger partial charge in [0.2, 0.25) is 5.91 Å². The van der Waals surface area contributed by atoms with E-state index in [2.05, 4.69) is 10.3 Å². The molecule has 134 valence electrons. The van der Waals surface area contributed by atoms with Gasteiger partial charge in [-0.1, -0.05) is 11.6 Å². The lowest BCUT2D eigenvalue weighted by molar-refractivity contribution is -0.115. The van der Waals surface area contributed by atoms with Crippen LogP contribution in [0.25, 0.3) is 5.65 Å². The molecule has 3 aromatic rings. The smallest absolute Gasteiger partial charge is 0.339 e. The monoisotopic (exact) mass is 373 g/mol. The van der Waals surface area contributed by atoms with Gasteiger partial charge in [0.15, 0.2) is 0 Å². The summed E-state index contributed by atoms with van der Waals surface area (Å²) >= 11 is 6.08. The van der Waals surface area contributed by atoms with Gasteiger partial charge in [-0.05, 0) is 30.7 Å². The number of aromatic carboxylic acids is 1. The zero-order valence-corrected chi connectivity index (χ0v) is 14.9. The third kappa shape index (κ3) is 3.62. The fraction of sp³-hybridized carbons (Fsp3) is 0.167. The topological polar surface area (TPSA) is 92.9 Å². The van der Waals surface area contributed by atoms with Crippen molar-refractivity contribution in [3.05, 3.63) is 58.5 Å². The van der Waals surface area contributed by atoms with E-state index in [1.165, 1.54) is 19.2 Å². The third-order valence-corrected chi connectivity index (χ3v) is 4.11. The largest absolute Gasteiger partial charge is 0.496 e. The molecule has 0 fully saturated rings. The first-order valence-electron chi connectivity index (χ1n) is 7.72. The number of rotatable bonds is 5. The van der Waals surface area contributed by atoms with Crippen molar-refractivity contribution in [2.24, 2.45) is 0 Å². The first-order chi connectivity index (χ1) is 12.4. The molecule has 7 nitrogen and oxygen atoms in total. The van der Waals surface area contributed by atoms with Crippen LogP contribution in [0.4, 0.5) is 5.69 Å². The van der Waals surface area contributed by atoms with E-state index in [4.69, 9.17) is 21.4 Å². The van der Waals surface area contributed by atoms with Crippen LogP contribution in [0.3, 0.4) is 0 Å². The molecule has 0 spiro atoms. The van der Waals surface area contributed by atoms with E-state index in [1.807, 2.05) is 29.7 Å². The molecule has 0 saturated heterocycles. The second-order valence-corrected chi connectivity index (χ2v) is 6.17. The van der Waals surface area contributed by atoms with Crippen molar-refractivity contribution >= 4 is 34.8 Å². The summed E-state index contributed by atoms with van der Waals surface area (Å²) in [5.41, 5.74) is 2.65. The van der Waals surface area contributed by atoms with Crippen LogP contribution in [0.5, 0.6) is 5.75 Å². The van der Waals surface area contributed by atoms with E-state index in [-0.39, 0.29) is 34.4 Å². The number of aromatic nitrogens is 2. The average molecular weight is 374 g/mol. The van der Waals surface area contributed by atoms with Crippen molar-refractivity contribution in [3.8, 4) is 5.75 Å². The molecular weight excluding hydrogens is 358 g/mol. The number of methoxy groups -OCH3 is 1. The Morgan fingerprint density at radius 2 is 2.12 bits per heavy atom. The minimum atomic E-state index is -1.17. The van der Waals surface area contributed by atoms with Crippen LogP contribution in [0.1, 0.15) is 21.6 Å². The Morgan fingerprint density at radius 3 is 2.81 bits per heavy atom. The lowest BCUT2D eigenvalue weighted by Gasteiger charge is -2.11. The Labute approximate surface area is 154 Å². The number of fused-ring (bicyclic) bond motifs is 1. The molecule has 2 N–H and O–H groups in total. The number of carbonyl (C=O) groups excluding carboxylic acids is 1.